The van der Waals surface area contributed by atoms with Crippen molar-refractivity contribution in [3.8, 4) is 0 Å². The first-order chi connectivity index (χ1) is 4.61. The van der Waals surface area contributed by atoms with Crippen LogP contribution >= 0.6 is 0 Å². The van der Waals surface area contributed by atoms with Crippen LogP contribution in [0.5, 0.6) is 0 Å². The number of carbonyl (C=O) groups is 2. The van der Waals surface area contributed by atoms with Gasteiger partial charge in [-0.3, -0.25) is 10.1 Å². The van der Waals surface area contributed by atoms with Crippen molar-refractivity contribution < 1.29 is 14.7 Å². The average Bonchev–Trinajstić information content (AvgIpc) is 1.82. The van der Waals surface area contributed by atoms with Gasteiger partial charge in [0.1, 0.15) is 6.23 Å². The standard InChI is InChI=1S/C5H8N2O3/c1-2-3(8)6-5(10)7-4(2)9/h2-3,8H,1H3,(H2,6,7,9,10). The molecule has 0 spiro atoms. The minimum absolute atomic E-state index is 0.448. The highest BCUT2D eigenvalue weighted by atomic mass is 16.3. The van der Waals surface area contributed by atoms with Crippen LogP contribution in [0, 0.1) is 5.92 Å². The fourth-order valence-electron chi connectivity index (χ4n) is 0.665. The molecule has 2 unspecified atom stereocenters. The predicted octanol–water partition coefficient (Wildman–Crippen LogP) is -1.22. The van der Waals surface area contributed by atoms with Crippen molar-refractivity contribution >= 4 is 11.9 Å². The Morgan fingerprint density at radius 3 is 2.60 bits per heavy atom. The second-order valence-electron chi connectivity index (χ2n) is 2.20. The molecule has 0 aliphatic carbocycles. The number of rotatable bonds is 0. The summed E-state index contributed by atoms with van der Waals surface area (Å²) in [5.74, 6) is -1.02. The predicted molar refractivity (Wildman–Crippen MR) is 31.8 cm³/mol. The molecule has 5 heteroatoms. The van der Waals surface area contributed by atoms with Crippen LogP contribution in [0.15, 0.2) is 0 Å². The van der Waals surface area contributed by atoms with Gasteiger partial charge in [-0.1, -0.05) is 0 Å². The summed E-state index contributed by atoms with van der Waals surface area (Å²) in [6, 6.07) is -0.643. The zero-order valence-corrected chi connectivity index (χ0v) is 5.42. The maximum absolute atomic E-state index is 10.7. The van der Waals surface area contributed by atoms with Gasteiger partial charge in [0.25, 0.3) is 0 Å². The third kappa shape index (κ3) is 1.08. The highest BCUT2D eigenvalue weighted by Gasteiger charge is 2.29. The van der Waals surface area contributed by atoms with E-state index in [0.29, 0.717) is 0 Å². The molecule has 56 valence electrons. The Balaban J connectivity index is 2.66. The summed E-state index contributed by atoms with van der Waals surface area (Å²) >= 11 is 0. The molecule has 1 rings (SSSR count). The Kier molecular flexibility index (Phi) is 1.58. The van der Waals surface area contributed by atoms with E-state index in [9.17, 15) is 9.59 Å². The highest BCUT2D eigenvalue weighted by molar-refractivity contribution is 5.98. The molecule has 1 heterocycles. The molecule has 1 saturated heterocycles. The van der Waals surface area contributed by atoms with E-state index in [1.165, 1.54) is 6.92 Å². The second kappa shape index (κ2) is 2.26. The molecule has 10 heavy (non-hydrogen) atoms. The van der Waals surface area contributed by atoms with Crippen molar-refractivity contribution in [2.24, 2.45) is 5.92 Å². The summed E-state index contributed by atoms with van der Waals surface area (Å²) < 4.78 is 0. The lowest BCUT2D eigenvalue weighted by atomic mass is 10.1. The van der Waals surface area contributed by atoms with Gasteiger partial charge >= 0.3 is 6.03 Å². The third-order valence-corrected chi connectivity index (χ3v) is 1.40. The zero-order chi connectivity index (χ0) is 7.72. The lowest BCUT2D eigenvalue weighted by molar-refractivity contribution is -0.128. The van der Waals surface area contributed by atoms with E-state index in [1.54, 1.807) is 0 Å². The van der Waals surface area contributed by atoms with Gasteiger partial charge in [-0.25, -0.2) is 4.79 Å². The Morgan fingerprint density at radius 2 is 2.10 bits per heavy atom. The van der Waals surface area contributed by atoms with Crippen LogP contribution in [0.25, 0.3) is 0 Å². The number of urea groups is 1. The van der Waals surface area contributed by atoms with E-state index in [0.717, 1.165) is 0 Å². The lowest BCUT2D eigenvalue weighted by Crippen LogP contribution is -2.57. The molecular formula is C5H8N2O3. The van der Waals surface area contributed by atoms with Gasteiger partial charge in [-0.15, -0.1) is 0 Å². The maximum Gasteiger partial charge on any atom is 0.323 e. The van der Waals surface area contributed by atoms with Crippen molar-refractivity contribution in [1.29, 1.82) is 0 Å². The van der Waals surface area contributed by atoms with Gasteiger partial charge in [-0.2, -0.15) is 0 Å². The van der Waals surface area contributed by atoms with Crippen LogP contribution in [-0.2, 0) is 4.79 Å². The van der Waals surface area contributed by atoms with Crippen molar-refractivity contribution in [3.05, 3.63) is 0 Å². The van der Waals surface area contributed by atoms with Crippen molar-refractivity contribution in [2.75, 3.05) is 0 Å². The normalized spacial score (nSPS) is 33.0. The molecule has 0 radical (unpaired) electrons. The molecule has 3 N–H and O–H groups in total. The quantitative estimate of drug-likeness (QED) is 0.398. The molecule has 2 atom stereocenters. The number of nitrogens with one attached hydrogen (secondary N) is 2. The van der Waals surface area contributed by atoms with Crippen molar-refractivity contribution in [3.63, 3.8) is 0 Å². The van der Waals surface area contributed by atoms with E-state index >= 15 is 0 Å². The molecule has 5 nitrogen and oxygen atoms in total. The summed E-state index contributed by atoms with van der Waals surface area (Å²) in [5.41, 5.74) is 0. The summed E-state index contributed by atoms with van der Waals surface area (Å²) in [7, 11) is 0. The minimum Gasteiger partial charge on any atom is -0.373 e. The number of hydrogen-bond acceptors (Lipinski definition) is 3. The fourth-order valence-corrected chi connectivity index (χ4v) is 0.665. The molecule has 0 saturated carbocycles. The third-order valence-electron chi connectivity index (χ3n) is 1.40. The van der Waals surface area contributed by atoms with E-state index in [2.05, 4.69) is 5.32 Å². The molecule has 3 amide bonds. The topological polar surface area (TPSA) is 78.4 Å². The molecule has 0 aromatic rings. The first-order valence-corrected chi connectivity index (χ1v) is 2.90. The van der Waals surface area contributed by atoms with Crippen molar-refractivity contribution in [1.82, 2.24) is 10.6 Å². The van der Waals surface area contributed by atoms with E-state index in [1.807, 2.05) is 5.32 Å². The number of aliphatic hydroxyl groups excluding tert-OH is 1. The van der Waals surface area contributed by atoms with Gasteiger partial charge in [0, 0.05) is 0 Å². The van der Waals surface area contributed by atoms with Crippen LogP contribution in [0.4, 0.5) is 4.79 Å². The number of hydrogen-bond donors (Lipinski definition) is 3. The van der Waals surface area contributed by atoms with E-state index in [-0.39, 0.29) is 0 Å². The highest BCUT2D eigenvalue weighted by Crippen LogP contribution is 2.03. The summed E-state index contributed by atoms with van der Waals surface area (Å²) in [5, 5.41) is 13.1. The fraction of sp³-hybridized carbons (Fsp3) is 0.600. The Bertz CT molecular complexity index is 180. The lowest BCUT2D eigenvalue weighted by Gasteiger charge is -2.24. The number of amides is 3. The number of aliphatic hydroxyl groups is 1. The molecule has 1 aliphatic rings. The molecule has 1 aliphatic heterocycles. The smallest absolute Gasteiger partial charge is 0.323 e. The summed E-state index contributed by atoms with van der Waals surface area (Å²) in [6.45, 7) is 1.53. The monoisotopic (exact) mass is 144 g/mol. The molecule has 0 aromatic heterocycles. The minimum atomic E-state index is -1.05. The Labute approximate surface area is 57.4 Å². The average molecular weight is 144 g/mol. The summed E-state index contributed by atoms with van der Waals surface area (Å²) in [4.78, 5) is 21.1. The second-order valence-corrected chi connectivity index (χ2v) is 2.20. The van der Waals surface area contributed by atoms with Gasteiger partial charge < -0.3 is 10.4 Å². The zero-order valence-electron chi connectivity index (χ0n) is 5.42. The molecule has 0 bridgehead atoms. The Hall–Kier alpha value is -1.10. The van der Waals surface area contributed by atoms with E-state index in [4.69, 9.17) is 5.11 Å². The van der Waals surface area contributed by atoms with Crippen LogP contribution in [0.1, 0.15) is 6.92 Å². The Morgan fingerprint density at radius 1 is 1.50 bits per heavy atom. The number of carbonyl (C=O) groups excluding carboxylic acids is 2. The molecular weight excluding hydrogens is 136 g/mol. The molecule has 1 fully saturated rings. The SMILES string of the molecule is CC1C(=O)NC(=O)NC1O. The van der Waals surface area contributed by atoms with Crippen LogP contribution in [0.2, 0.25) is 0 Å². The molecule has 0 aromatic carbocycles. The van der Waals surface area contributed by atoms with Crippen LogP contribution in [0.3, 0.4) is 0 Å². The van der Waals surface area contributed by atoms with Gasteiger partial charge in [0.2, 0.25) is 5.91 Å². The van der Waals surface area contributed by atoms with Gasteiger partial charge in [0.15, 0.2) is 0 Å². The first-order valence-electron chi connectivity index (χ1n) is 2.90. The summed E-state index contributed by atoms with van der Waals surface area (Å²) in [6.07, 6.45) is -1.05. The van der Waals surface area contributed by atoms with E-state index < -0.39 is 24.1 Å². The van der Waals surface area contributed by atoms with Gasteiger partial charge in [-0.05, 0) is 6.92 Å². The van der Waals surface area contributed by atoms with Crippen LogP contribution in [-0.4, -0.2) is 23.3 Å². The maximum atomic E-state index is 10.7. The first kappa shape index (κ1) is 7.01. The van der Waals surface area contributed by atoms with Gasteiger partial charge in [0.05, 0.1) is 5.92 Å². The largest absolute Gasteiger partial charge is 0.373 e. The number of imide groups is 1. The van der Waals surface area contributed by atoms with Crippen LogP contribution < -0.4 is 10.6 Å². The van der Waals surface area contributed by atoms with Crippen molar-refractivity contribution in [2.45, 2.75) is 13.2 Å².